The van der Waals surface area contributed by atoms with E-state index in [1.165, 1.54) is 6.92 Å². The Morgan fingerprint density at radius 3 is 2.93 bits per heavy atom. The lowest BCUT2D eigenvalue weighted by Crippen LogP contribution is -2.43. The Bertz CT molecular complexity index is 238. The molecule has 0 radical (unpaired) electrons. The number of carbonyl (C=O) groups excluding carboxylic acids is 2. The first-order valence-corrected chi connectivity index (χ1v) is 4.96. The highest BCUT2D eigenvalue weighted by Gasteiger charge is 2.22. The molecule has 1 amide bonds. The first-order chi connectivity index (χ1) is 7.09. The molecule has 1 saturated heterocycles. The molecule has 1 aliphatic rings. The van der Waals surface area contributed by atoms with Crippen LogP contribution in [-0.2, 0) is 14.3 Å². The van der Waals surface area contributed by atoms with Crippen LogP contribution in [0.3, 0.4) is 0 Å². The largest absolute Gasteiger partial charge is 0.434 e. The standard InChI is InChI=1S/C9H16N2O4/c1-6(12)15-8(13)5-11-9(14)7-3-2-4-10-7/h7-8,10,13H,2-5H2,1H3,(H,11,14)/t7-,8+/m0/s1. The van der Waals surface area contributed by atoms with E-state index < -0.39 is 12.3 Å². The highest BCUT2D eigenvalue weighted by molar-refractivity contribution is 5.82. The van der Waals surface area contributed by atoms with Crippen molar-refractivity contribution in [2.75, 3.05) is 13.1 Å². The van der Waals surface area contributed by atoms with Crippen molar-refractivity contribution in [2.45, 2.75) is 32.1 Å². The van der Waals surface area contributed by atoms with Gasteiger partial charge in [0.25, 0.3) is 0 Å². The minimum Gasteiger partial charge on any atom is -0.434 e. The molecule has 0 bridgehead atoms. The predicted octanol–water partition coefficient (Wildman–Crippen LogP) is -1.26. The van der Waals surface area contributed by atoms with Crippen molar-refractivity contribution >= 4 is 11.9 Å². The van der Waals surface area contributed by atoms with Crippen LogP contribution in [0.1, 0.15) is 19.8 Å². The molecule has 0 spiro atoms. The van der Waals surface area contributed by atoms with Gasteiger partial charge in [0, 0.05) is 6.92 Å². The SMILES string of the molecule is CC(=O)O[C@@H](O)CNC(=O)[C@@H]1CCCN1. The fraction of sp³-hybridized carbons (Fsp3) is 0.778. The van der Waals surface area contributed by atoms with Gasteiger partial charge in [-0.05, 0) is 19.4 Å². The summed E-state index contributed by atoms with van der Waals surface area (Å²) in [6, 6.07) is -0.186. The summed E-state index contributed by atoms with van der Waals surface area (Å²) in [5.74, 6) is -0.741. The topological polar surface area (TPSA) is 87.7 Å². The minimum absolute atomic E-state index is 0.0728. The molecule has 1 rings (SSSR count). The van der Waals surface area contributed by atoms with Crippen LogP contribution < -0.4 is 10.6 Å². The monoisotopic (exact) mass is 216 g/mol. The lowest BCUT2D eigenvalue weighted by molar-refractivity contribution is -0.165. The molecule has 6 nitrogen and oxygen atoms in total. The van der Waals surface area contributed by atoms with E-state index in [1.54, 1.807) is 0 Å². The normalized spacial score (nSPS) is 22.1. The highest BCUT2D eigenvalue weighted by Crippen LogP contribution is 2.04. The summed E-state index contributed by atoms with van der Waals surface area (Å²) < 4.78 is 4.44. The van der Waals surface area contributed by atoms with Crippen LogP contribution in [0.4, 0.5) is 0 Å². The van der Waals surface area contributed by atoms with Gasteiger partial charge in [0.05, 0.1) is 12.6 Å². The zero-order chi connectivity index (χ0) is 11.3. The number of esters is 1. The van der Waals surface area contributed by atoms with E-state index in [9.17, 15) is 9.59 Å². The van der Waals surface area contributed by atoms with Gasteiger partial charge in [-0.2, -0.15) is 0 Å². The summed E-state index contributed by atoms with van der Waals surface area (Å²) >= 11 is 0. The van der Waals surface area contributed by atoms with Crippen molar-refractivity contribution in [1.82, 2.24) is 10.6 Å². The van der Waals surface area contributed by atoms with Gasteiger partial charge in [0.2, 0.25) is 12.2 Å². The highest BCUT2D eigenvalue weighted by atomic mass is 16.6. The molecule has 1 fully saturated rings. The van der Waals surface area contributed by atoms with Crippen LogP contribution in [0.5, 0.6) is 0 Å². The van der Waals surface area contributed by atoms with Gasteiger partial charge in [-0.15, -0.1) is 0 Å². The second-order valence-corrected chi connectivity index (χ2v) is 3.46. The fourth-order valence-electron chi connectivity index (χ4n) is 1.45. The van der Waals surface area contributed by atoms with Gasteiger partial charge in [0.15, 0.2) is 0 Å². The summed E-state index contributed by atoms with van der Waals surface area (Å²) in [5.41, 5.74) is 0. The van der Waals surface area contributed by atoms with E-state index in [4.69, 9.17) is 5.11 Å². The molecular weight excluding hydrogens is 200 g/mol. The maximum atomic E-state index is 11.4. The maximum Gasteiger partial charge on any atom is 0.304 e. The van der Waals surface area contributed by atoms with Crippen LogP contribution in [0.2, 0.25) is 0 Å². The van der Waals surface area contributed by atoms with E-state index in [0.29, 0.717) is 0 Å². The third kappa shape index (κ3) is 4.26. The third-order valence-corrected chi connectivity index (χ3v) is 2.13. The second kappa shape index (κ2) is 5.67. The molecule has 0 saturated carbocycles. The number of ether oxygens (including phenoxy) is 1. The van der Waals surface area contributed by atoms with Crippen LogP contribution >= 0.6 is 0 Å². The molecule has 6 heteroatoms. The molecule has 0 aromatic rings. The Morgan fingerprint density at radius 2 is 2.40 bits per heavy atom. The van der Waals surface area contributed by atoms with Crippen LogP contribution in [0.25, 0.3) is 0 Å². The molecule has 0 aliphatic carbocycles. The third-order valence-electron chi connectivity index (χ3n) is 2.13. The molecule has 86 valence electrons. The summed E-state index contributed by atoms with van der Waals surface area (Å²) in [4.78, 5) is 21.9. The smallest absolute Gasteiger partial charge is 0.304 e. The van der Waals surface area contributed by atoms with Crippen LogP contribution in [0.15, 0.2) is 0 Å². The average molecular weight is 216 g/mol. The maximum absolute atomic E-state index is 11.4. The van der Waals surface area contributed by atoms with Crippen LogP contribution in [0, 0.1) is 0 Å². The first-order valence-electron chi connectivity index (χ1n) is 4.96. The van der Waals surface area contributed by atoms with Crippen molar-refractivity contribution < 1.29 is 19.4 Å². The van der Waals surface area contributed by atoms with Gasteiger partial charge in [-0.1, -0.05) is 0 Å². The van der Waals surface area contributed by atoms with E-state index in [1.807, 2.05) is 0 Å². The van der Waals surface area contributed by atoms with Gasteiger partial charge in [0.1, 0.15) is 0 Å². The van der Waals surface area contributed by atoms with Gasteiger partial charge >= 0.3 is 5.97 Å². The van der Waals surface area contributed by atoms with E-state index in [-0.39, 0.29) is 18.5 Å². The van der Waals surface area contributed by atoms with E-state index in [0.717, 1.165) is 19.4 Å². The zero-order valence-electron chi connectivity index (χ0n) is 8.66. The summed E-state index contributed by atoms with van der Waals surface area (Å²) in [6.45, 7) is 1.96. The van der Waals surface area contributed by atoms with Crippen LogP contribution in [-0.4, -0.2) is 42.4 Å². The van der Waals surface area contributed by atoms with Gasteiger partial charge in [-0.3, -0.25) is 9.59 Å². The average Bonchev–Trinajstić information content (AvgIpc) is 2.65. The van der Waals surface area contributed by atoms with Crippen molar-refractivity contribution in [3.05, 3.63) is 0 Å². The van der Waals surface area contributed by atoms with Gasteiger partial charge in [-0.25, -0.2) is 0 Å². The van der Waals surface area contributed by atoms with Crippen molar-refractivity contribution in [2.24, 2.45) is 0 Å². The predicted molar refractivity (Wildman–Crippen MR) is 51.8 cm³/mol. The lowest BCUT2D eigenvalue weighted by atomic mass is 10.2. The number of hydrogen-bond donors (Lipinski definition) is 3. The summed E-state index contributed by atoms with van der Waals surface area (Å²) in [6.07, 6.45) is 0.507. The molecule has 0 unspecified atom stereocenters. The van der Waals surface area contributed by atoms with Crippen molar-refractivity contribution in [3.63, 3.8) is 0 Å². The molecule has 15 heavy (non-hydrogen) atoms. The number of carbonyl (C=O) groups is 2. The Balaban J connectivity index is 2.18. The summed E-state index contributed by atoms with van der Waals surface area (Å²) in [5, 5.41) is 14.7. The number of amides is 1. The Morgan fingerprint density at radius 1 is 1.67 bits per heavy atom. The fourth-order valence-corrected chi connectivity index (χ4v) is 1.45. The minimum atomic E-state index is -1.27. The number of nitrogens with one attached hydrogen (secondary N) is 2. The van der Waals surface area contributed by atoms with Gasteiger partial charge < -0.3 is 20.5 Å². The molecule has 3 N–H and O–H groups in total. The summed E-state index contributed by atoms with van der Waals surface area (Å²) in [7, 11) is 0. The number of aliphatic hydroxyl groups excluding tert-OH is 1. The molecule has 0 aromatic carbocycles. The second-order valence-electron chi connectivity index (χ2n) is 3.46. The zero-order valence-corrected chi connectivity index (χ0v) is 8.66. The molecule has 2 atom stereocenters. The Hall–Kier alpha value is -1.14. The number of hydrogen-bond acceptors (Lipinski definition) is 5. The lowest BCUT2D eigenvalue weighted by Gasteiger charge is -2.14. The molecule has 1 aliphatic heterocycles. The molecular formula is C9H16N2O4. The number of aliphatic hydroxyl groups is 1. The Labute approximate surface area is 88.0 Å². The molecule has 1 heterocycles. The van der Waals surface area contributed by atoms with Crippen molar-refractivity contribution in [3.8, 4) is 0 Å². The van der Waals surface area contributed by atoms with Crippen molar-refractivity contribution in [1.29, 1.82) is 0 Å². The number of rotatable bonds is 4. The van der Waals surface area contributed by atoms with E-state index in [2.05, 4.69) is 15.4 Å². The van der Waals surface area contributed by atoms with E-state index >= 15 is 0 Å². The first kappa shape index (κ1) is 11.9. The molecule has 0 aromatic heterocycles. The Kier molecular flexibility index (Phi) is 4.51. The quantitative estimate of drug-likeness (QED) is 0.403.